The molecule has 1 aromatic carbocycles. The molecule has 8 heteroatoms. The van der Waals surface area contributed by atoms with Crippen LogP contribution in [0.5, 0.6) is 0 Å². The Morgan fingerprint density at radius 1 is 1.20 bits per heavy atom. The molecule has 1 aromatic heterocycles. The molecule has 0 bridgehead atoms. The minimum Gasteiger partial charge on any atom is -0.393 e. The molecule has 0 atom stereocenters. The summed E-state index contributed by atoms with van der Waals surface area (Å²) in [5.41, 5.74) is 1.58. The Balaban J connectivity index is 1.85. The van der Waals surface area contributed by atoms with Gasteiger partial charge in [0.05, 0.1) is 17.4 Å². The molecule has 1 aliphatic carbocycles. The van der Waals surface area contributed by atoms with Crippen molar-refractivity contribution < 1.29 is 23.9 Å². The average Bonchev–Trinajstić information content (AvgIpc) is 2.85. The summed E-state index contributed by atoms with van der Waals surface area (Å²) in [5.74, 6) is -2.32. The third-order valence-corrected chi connectivity index (χ3v) is 5.78. The van der Waals surface area contributed by atoms with Crippen molar-refractivity contribution in [2.45, 2.75) is 52.2 Å². The number of anilines is 1. The minimum atomic E-state index is -0.769. The molecule has 0 saturated heterocycles. The Kier molecular flexibility index (Phi) is 5.56. The molecule has 3 N–H and O–H groups in total. The number of hydrogen-bond acceptors (Lipinski definition) is 4. The van der Waals surface area contributed by atoms with Crippen LogP contribution in [-0.2, 0) is 11.8 Å². The first kappa shape index (κ1) is 21.7. The largest absolute Gasteiger partial charge is 0.393 e. The van der Waals surface area contributed by atoms with Crippen molar-refractivity contribution in [1.29, 1.82) is 0 Å². The first-order valence-electron chi connectivity index (χ1n) is 9.72. The number of carbonyl (C=O) groups excluding carboxylic acids is 3. The van der Waals surface area contributed by atoms with Gasteiger partial charge in [-0.1, -0.05) is 0 Å². The number of hydrogen-bond donors (Lipinski definition) is 3. The number of Topliss-reactive ketones (excluding diaryl/α,β-unsaturated/α-hetero) is 1. The molecule has 0 spiro atoms. The number of amides is 2. The van der Waals surface area contributed by atoms with Crippen molar-refractivity contribution in [2.24, 2.45) is 7.05 Å². The predicted octanol–water partition coefficient (Wildman–Crippen LogP) is 2.55. The van der Waals surface area contributed by atoms with Gasteiger partial charge in [-0.05, 0) is 69.9 Å². The lowest BCUT2D eigenvalue weighted by Crippen LogP contribution is -2.58. The van der Waals surface area contributed by atoms with Crippen molar-refractivity contribution in [1.82, 2.24) is 9.88 Å². The summed E-state index contributed by atoms with van der Waals surface area (Å²) in [4.78, 5) is 38.2. The van der Waals surface area contributed by atoms with E-state index < -0.39 is 29.2 Å². The second-order valence-electron chi connectivity index (χ2n) is 8.32. The maximum absolute atomic E-state index is 13.5. The van der Waals surface area contributed by atoms with E-state index in [0.717, 1.165) is 0 Å². The minimum absolute atomic E-state index is 0.133. The first-order chi connectivity index (χ1) is 13.9. The van der Waals surface area contributed by atoms with E-state index in [1.54, 1.807) is 34.7 Å². The van der Waals surface area contributed by atoms with Gasteiger partial charge in [0, 0.05) is 24.0 Å². The predicted molar refractivity (Wildman–Crippen MR) is 110 cm³/mol. The number of aliphatic hydroxyl groups is 1. The van der Waals surface area contributed by atoms with E-state index in [0.29, 0.717) is 40.9 Å². The van der Waals surface area contributed by atoms with Gasteiger partial charge in [0.2, 0.25) is 0 Å². The van der Waals surface area contributed by atoms with Gasteiger partial charge in [0.15, 0.2) is 0 Å². The zero-order chi connectivity index (χ0) is 22.4. The molecule has 2 amide bonds. The van der Waals surface area contributed by atoms with Crippen LogP contribution in [0.15, 0.2) is 18.2 Å². The van der Waals surface area contributed by atoms with Gasteiger partial charge in [-0.15, -0.1) is 0 Å². The lowest BCUT2D eigenvalue weighted by molar-refractivity contribution is -0.121. The van der Waals surface area contributed by atoms with Crippen LogP contribution in [0, 0.1) is 26.6 Å². The van der Waals surface area contributed by atoms with Crippen LogP contribution in [0.4, 0.5) is 10.1 Å². The smallest absolute Gasteiger partial charge is 0.294 e. The van der Waals surface area contributed by atoms with E-state index >= 15 is 0 Å². The molecule has 3 rings (SSSR count). The Morgan fingerprint density at radius 2 is 1.83 bits per heavy atom. The number of nitrogens with zero attached hydrogens (tertiary/aromatic N) is 1. The highest BCUT2D eigenvalue weighted by Crippen LogP contribution is 2.32. The quantitative estimate of drug-likeness (QED) is 0.516. The molecule has 0 aliphatic heterocycles. The van der Waals surface area contributed by atoms with Gasteiger partial charge in [0.1, 0.15) is 5.82 Å². The Hall–Kier alpha value is -3.00. The highest BCUT2D eigenvalue weighted by Gasteiger charge is 2.42. The van der Waals surface area contributed by atoms with Gasteiger partial charge >= 0.3 is 0 Å². The average molecular weight is 415 g/mol. The van der Waals surface area contributed by atoms with Crippen LogP contribution in [0.1, 0.15) is 57.4 Å². The van der Waals surface area contributed by atoms with Gasteiger partial charge in [-0.2, -0.15) is 0 Å². The second kappa shape index (κ2) is 7.68. The molecule has 1 fully saturated rings. The molecule has 2 aromatic rings. The highest BCUT2D eigenvalue weighted by atomic mass is 19.1. The van der Waals surface area contributed by atoms with Gasteiger partial charge in [0.25, 0.3) is 17.6 Å². The van der Waals surface area contributed by atoms with E-state index in [4.69, 9.17) is 0 Å². The molecule has 0 radical (unpaired) electrons. The number of nitrogens with one attached hydrogen (secondary N) is 2. The maximum Gasteiger partial charge on any atom is 0.294 e. The number of benzene rings is 1. The Bertz CT molecular complexity index is 1050. The third-order valence-electron chi connectivity index (χ3n) is 5.78. The molecule has 1 heterocycles. The van der Waals surface area contributed by atoms with Crippen molar-refractivity contribution in [2.75, 3.05) is 5.32 Å². The van der Waals surface area contributed by atoms with Crippen LogP contribution < -0.4 is 10.6 Å². The number of aryl methyl sites for hydroxylation is 1. The van der Waals surface area contributed by atoms with E-state index in [1.165, 1.54) is 22.8 Å². The Morgan fingerprint density at radius 3 is 2.40 bits per heavy atom. The number of aromatic nitrogens is 1. The van der Waals surface area contributed by atoms with Crippen LogP contribution in [-0.4, -0.2) is 38.9 Å². The summed E-state index contributed by atoms with van der Waals surface area (Å²) >= 11 is 0. The maximum atomic E-state index is 13.5. The highest BCUT2D eigenvalue weighted by molar-refractivity contribution is 6.43. The molecule has 1 aliphatic rings. The van der Waals surface area contributed by atoms with Crippen LogP contribution in [0.3, 0.4) is 0 Å². The number of halogens is 1. The van der Waals surface area contributed by atoms with E-state index in [2.05, 4.69) is 10.6 Å². The molecular weight excluding hydrogens is 389 g/mol. The lowest BCUT2D eigenvalue weighted by atomic mass is 9.76. The molecule has 30 heavy (non-hydrogen) atoms. The van der Waals surface area contributed by atoms with E-state index in [1.807, 2.05) is 0 Å². The standard InChI is InChI=1S/C22H26FN3O4/c1-11-8-14(6-7-16(11)23)24-20(29)17-12(2)18(26(5)13(17)3)19(28)21(30)25-22(4)9-15(27)10-22/h6-8,15,27H,9-10H2,1-5H3,(H,24,29)(H,25,30)/t15-,22-. The monoisotopic (exact) mass is 415 g/mol. The summed E-state index contributed by atoms with van der Waals surface area (Å²) in [6, 6.07) is 4.25. The van der Waals surface area contributed by atoms with Crippen molar-refractivity contribution in [3.63, 3.8) is 0 Å². The molecule has 1 saturated carbocycles. The fraction of sp³-hybridized carbons (Fsp3) is 0.409. The third kappa shape index (κ3) is 3.87. The SMILES string of the molecule is Cc1cc(NC(=O)c2c(C)c(C(=O)C(=O)N[C@]3(C)C[C@@H](O)C3)n(C)c2C)ccc1F. The Labute approximate surface area is 174 Å². The number of rotatable bonds is 5. The van der Waals surface area contributed by atoms with E-state index in [-0.39, 0.29) is 11.5 Å². The van der Waals surface area contributed by atoms with Crippen molar-refractivity contribution in [3.05, 3.63) is 52.1 Å². The van der Waals surface area contributed by atoms with E-state index in [9.17, 15) is 23.9 Å². The van der Waals surface area contributed by atoms with Crippen LogP contribution in [0.25, 0.3) is 0 Å². The topological polar surface area (TPSA) is 100 Å². The zero-order valence-corrected chi connectivity index (χ0v) is 17.7. The van der Waals surface area contributed by atoms with Gasteiger partial charge in [-0.25, -0.2) is 4.39 Å². The summed E-state index contributed by atoms with van der Waals surface area (Å²) in [6.45, 7) is 6.68. The molecular formula is C22H26FN3O4. The fourth-order valence-electron chi connectivity index (χ4n) is 4.07. The first-order valence-corrected chi connectivity index (χ1v) is 9.72. The fourth-order valence-corrected chi connectivity index (χ4v) is 4.07. The number of aliphatic hydroxyl groups excluding tert-OH is 1. The van der Waals surface area contributed by atoms with Crippen LogP contribution >= 0.6 is 0 Å². The second-order valence-corrected chi connectivity index (χ2v) is 8.32. The number of carbonyl (C=O) groups is 3. The molecule has 0 unspecified atom stereocenters. The van der Waals surface area contributed by atoms with Gasteiger partial charge in [-0.3, -0.25) is 14.4 Å². The molecule has 7 nitrogen and oxygen atoms in total. The van der Waals surface area contributed by atoms with Crippen molar-refractivity contribution >= 4 is 23.3 Å². The van der Waals surface area contributed by atoms with Crippen LogP contribution in [0.2, 0.25) is 0 Å². The van der Waals surface area contributed by atoms with Gasteiger partial charge < -0.3 is 20.3 Å². The summed E-state index contributed by atoms with van der Waals surface area (Å²) in [5, 5.41) is 14.9. The normalized spacial score (nSPS) is 20.4. The summed E-state index contributed by atoms with van der Waals surface area (Å²) in [6.07, 6.45) is 0.305. The number of ketones is 1. The lowest BCUT2D eigenvalue weighted by Gasteiger charge is -2.42. The zero-order valence-electron chi connectivity index (χ0n) is 17.7. The molecule has 160 valence electrons. The summed E-state index contributed by atoms with van der Waals surface area (Å²) < 4.78 is 15.0. The van der Waals surface area contributed by atoms with Crippen molar-refractivity contribution in [3.8, 4) is 0 Å². The summed E-state index contributed by atoms with van der Waals surface area (Å²) in [7, 11) is 1.62.